The van der Waals surface area contributed by atoms with Crippen molar-refractivity contribution in [2.75, 3.05) is 0 Å². The molecule has 0 unspecified atom stereocenters. The summed E-state index contributed by atoms with van der Waals surface area (Å²) < 4.78 is 0. The Bertz CT molecular complexity index is 761. The van der Waals surface area contributed by atoms with Crippen LogP contribution in [0, 0.1) is 0 Å². The molecule has 0 fully saturated rings. The summed E-state index contributed by atoms with van der Waals surface area (Å²) in [4.78, 5) is 19.3. The zero-order valence-electron chi connectivity index (χ0n) is 10.3. The molecular weight excluding hydrogens is 244 g/mol. The summed E-state index contributed by atoms with van der Waals surface area (Å²) in [5.74, 6) is 1.17. The van der Waals surface area contributed by atoms with Crippen molar-refractivity contribution in [1.29, 1.82) is 0 Å². The van der Waals surface area contributed by atoms with Gasteiger partial charge in [0.25, 0.3) is 5.56 Å². The van der Waals surface area contributed by atoms with E-state index in [-0.39, 0.29) is 5.56 Å². The van der Waals surface area contributed by atoms with E-state index < -0.39 is 0 Å². The Morgan fingerprint density at radius 2 is 2.21 bits per heavy atom. The lowest BCUT2D eigenvalue weighted by Gasteiger charge is -2.02. The average molecular weight is 256 g/mol. The molecule has 96 valence electrons. The van der Waals surface area contributed by atoms with Gasteiger partial charge in [-0.3, -0.25) is 4.79 Å². The highest BCUT2D eigenvalue weighted by Crippen LogP contribution is 2.17. The van der Waals surface area contributed by atoms with Crippen molar-refractivity contribution >= 4 is 10.9 Å². The number of rotatable bonds is 3. The Labute approximate surface area is 108 Å². The lowest BCUT2D eigenvalue weighted by atomic mass is 10.1. The average Bonchev–Trinajstić information content (AvgIpc) is 2.93. The maximum Gasteiger partial charge on any atom is 0.258 e. The number of hydrogen-bond donors (Lipinski definition) is 2. The van der Waals surface area contributed by atoms with Crippen LogP contribution in [0.4, 0.5) is 0 Å². The van der Waals surface area contributed by atoms with Crippen molar-refractivity contribution in [2.24, 2.45) is 0 Å². The monoisotopic (exact) mass is 256 g/mol. The van der Waals surface area contributed by atoms with Crippen LogP contribution < -0.4 is 5.56 Å². The van der Waals surface area contributed by atoms with Gasteiger partial charge in [-0.05, 0) is 29.8 Å². The molecule has 0 aliphatic rings. The van der Waals surface area contributed by atoms with Gasteiger partial charge in [-0.1, -0.05) is 6.92 Å². The number of fused-ring (bicyclic) bond motifs is 1. The molecule has 3 rings (SSSR count). The molecule has 2 aromatic heterocycles. The van der Waals surface area contributed by atoms with Gasteiger partial charge in [0.2, 0.25) is 5.82 Å². The van der Waals surface area contributed by atoms with Crippen LogP contribution in [0.25, 0.3) is 22.3 Å². The summed E-state index contributed by atoms with van der Waals surface area (Å²) in [6.45, 7) is 2.05. The summed E-state index contributed by atoms with van der Waals surface area (Å²) in [6, 6.07) is 5.35. The van der Waals surface area contributed by atoms with Crippen molar-refractivity contribution in [1.82, 2.24) is 30.6 Å². The SMILES string of the molecule is CCCc1nc2ccc(-c3nn[nH]n3)cc2c(=O)[nH]1. The van der Waals surface area contributed by atoms with Crippen molar-refractivity contribution in [2.45, 2.75) is 19.8 Å². The third kappa shape index (κ3) is 2.10. The van der Waals surface area contributed by atoms with Crippen LogP contribution in [0.5, 0.6) is 0 Å². The van der Waals surface area contributed by atoms with Crippen molar-refractivity contribution in [3.05, 3.63) is 34.4 Å². The minimum atomic E-state index is -0.140. The summed E-state index contributed by atoms with van der Waals surface area (Å²) in [5, 5.41) is 14.2. The van der Waals surface area contributed by atoms with Gasteiger partial charge < -0.3 is 4.98 Å². The quantitative estimate of drug-likeness (QED) is 0.729. The van der Waals surface area contributed by atoms with Gasteiger partial charge in [0, 0.05) is 12.0 Å². The number of hydrogen-bond acceptors (Lipinski definition) is 5. The van der Waals surface area contributed by atoms with E-state index in [9.17, 15) is 4.79 Å². The number of nitrogens with zero attached hydrogens (tertiary/aromatic N) is 4. The molecule has 0 spiro atoms. The minimum Gasteiger partial charge on any atom is -0.310 e. The highest BCUT2D eigenvalue weighted by Gasteiger charge is 2.08. The van der Waals surface area contributed by atoms with Crippen LogP contribution in [0.15, 0.2) is 23.0 Å². The second-order valence-electron chi connectivity index (χ2n) is 4.23. The van der Waals surface area contributed by atoms with Gasteiger partial charge in [0.1, 0.15) is 5.82 Å². The van der Waals surface area contributed by atoms with Gasteiger partial charge in [-0.25, -0.2) is 4.98 Å². The zero-order valence-corrected chi connectivity index (χ0v) is 10.3. The van der Waals surface area contributed by atoms with Gasteiger partial charge in [0.15, 0.2) is 0 Å². The van der Waals surface area contributed by atoms with Crippen LogP contribution in [-0.2, 0) is 6.42 Å². The first-order valence-electron chi connectivity index (χ1n) is 6.04. The molecule has 0 amide bonds. The summed E-state index contributed by atoms with van der Waals surface area (Å²) in [6.07, 6.45) is 1.70. The third-order valence-corrected chi connectivity index (χ3v) is 2.84. The number of aryl methyl sites for hydroxylation is 1. The molecule has 1 aromatic carbocycles. The Balaban J connectivity index is 2.16. The van der Waals surface area contributed by atoms with Gasteiger partial charge >= 0.3 is 0 Å². The predicted molar refractivity (Wildman–Crippen MR) is 69.5 cm³/mol. The number of nitrogens with one attached hydrogen (secondary N) is 2. The highest BCUT2D eigenvalue weighted by molar-refractivity contribution is 5.82. The summed E-state index contributed by atoms with van der Waals surface area (Å²) in [7, 11) is 0. The maximum absolute atomic E-state index is 12.0. The van der Waals surface area contributed by atoms with Crippen LogP contribution in [0.3, 0.4) is 0 Å². The van der Waals surface area contributed by atoms with Crippen LogP contribution in [0.1, 0.15) is 19.2 Å². The highest BCUT2D eigenvalue weighted by atomic mass is 16.1. The molecule has 2 heterocycles. The van der Waals surface area contributed by atoms with E-state index >= 15 is 0 Å². The molecule has 0 saturated heterocycles. The van der Waals surface area contributed by atoms with E-state index in [4.69, 9.17) is 0 Å². The molecule has 0 bridgehead atoms. The molecule has 3 aromatic rings. The normalized spacial score (nSPS) is 11.0. The Morgan fingerprint density at radius 1 is 1.32 bits per heavy atom. The maximum atomic E-state index is 12.0. The number of aromatic nitrogens is 6. The molecule has 0 aliphatic heterocycles. The fraction of sp³-hybridized carbons (Fsp3) is 0.250. The Kier molecular flexibility index (Phi) is 2.79. The molecule has 0 saturated carbocycles. The second-order valence-corrected chi connectivity index (χ2v) is 4.23. The van der Waals surface area contributed by atoms with E-state index in [1.54, 1.807) is 12.1 Å². The number of aromatic amines is 2. The molecule has 0 aliphatic carbocycles. The minimum absolute atomic E-state index is 0.140. The zero-order chi connectivity index (χ0) is 13.2. The lowest BCUT2D eigenvalue weighted by molar-refractivity contribution is 0.837. The first-order chi connectivity index (χ1) is 9.28. The molecule has 7 heteroatoms. The van der Waals surface area contributed by atoms with Crippen molar-refractivity contribution < 1.29 is 0 Å². The van der Waals surface area contributed by atoms with Gasteiger partial charge in [0.05, 0.1) is 10.9 Å². The molecule has 19 heavy (non-hydrogen) atoms. The van der Waals surface area contributed by atoms with E-state index in [0.29, 0.717) is 22.6 Å². The fourth-order valence-corrected chi connectivity index (χ4v) is 1.97. The van der Waals surface area contributed by atoms with Crippen LogP contribution in [0.2, 0.25) is 0 Å². The van der Waals surface area contributed by atoms with E-state index in [2.05, 4.69) is 30.6 Å². The largest absolute Gasteiger partial charge is 0.310 e. The summed E-state index contributed by atoms with van der Waals surface area (Å²) >= 11 is 0. The number of tetrazole rings is 1. The molecule has 0 atom stereocenters. The standard InChI is InChI=1S/C12H12N6O/c1-2-3-10-13-9-5-4-7(11-15-17-18-16-11)6-8(9)12(19)14-10/h4-6H,2-3H2,1H3,(H,13,14,19)(H,15,16,17,18). The first-order valence-corrected chi connectivity index (χ1v) is 6.04. The topological polar surface area (TPSA) is 100 Å². The third-order valence-electron chi connectivity index (χ3n) is 2.84. The smallest absolute Gasteiger partial charge is 0.258 e. The van der Waals surface area contributed by atoms with E-state index in [0.717, 1.165) is 18.4 Å². The Morgan fingerprint density at radius 3 is 2.95 bits per heavy atom. The lowest BCUT2D eigenvalue weighted by Crippen LogP contribution is -2.11. The molecule has 7 nitrogen and oxygen atoms in total. The summed E-state index contributed by atoms with van der Waals surface area (Å²) in [5.41, 5.74) is 1.27. The molecular formula is C12H12N6O. The van der Waals surface area contributed by atoms with Crippen molar-refractivity contribution in [3.63, 3.8) is 0 Å². The number of benzene rings is 1. The predicted octanol–water partition coefficient (Wildman–Crippen LogP) is 1.06. The number of H-pyrrole nitrogens is 2. The molecule has 0 radical (unpaired) electrons. The van der Waals surface area contributed by atoms with E-state index in [1.165, 1.54) is 0 Å². The van der Waals surface area contributed by atoms with Crippen LogP contribution in [-0.4, -0.2) is 30.6 Å². The van der Waals surface area contributed by atoms with Crippen molar-refractivity contribution in [3.8, 4) is 11.4 Å². The molecule has 2 N–H and O–H groups in total. The van der Waals surface area contributed by atoms with Gasteiger partial charge in [-0.2, -0.15) is 5.21 Å². The fourth-order valence-electron chi connectivity index (χ4n) is 1.97. The second kappa shape index (κ2) is 4.60. The van der Waals surface area contributed by atoms with E-state index in [1.807, 2.05) is 13.0 Å². The Hall–Kier alpha value is -2.57. The first kappa shape index (κ1) is 11.5. The van der Waals surface area contributed by atoms with Crippen LogP contribution >= 0.6 is 0 Å². The van der Waals surface area contributed by atoms with Gasteiger partial charge in [-0.15, -0.1) is 10.2 Å².